The number of carbonyl (C=O) groups is 2. The summed E-state index contributed by atoms with van der Waals surface area (Å²) in [5.74, 6) is -0.785. The minimum absolute atomic E-state index is 0.253. The fraction of sp³-hybridized carbons (Fsp3) is 0.385. The van der Waals surface area contributed by atoms with Gasteiger partial charge in [-0.2, -0.15) is 0 Å². The van der Waals surface area contributed by atoms with Crippen LogP contribution < -0.4 is 5.32 Å². The van der Waals surface area contributed by atoms with Crippen molar-refractivity contribution in [3.05, 3.63) is 33.8 Å². The van der Waals surface area contributed by atoms with Crippen LogP contribution in [0, 0.1) is 0 Å². The zero-order valence-corrected chi connectivity index (χ0v) is 12.2. The van der Waals surface area contributed by atoms with E-state index < -0.39 is 12.0 Å². The van der Waals surface area contributed by atoms with Gasteiger partial charge in [-0.15, -0.1) is 0 Å². The number of rotatable bonds is 5. The van der Waals surface area contributed by atoms with E-state index in [-0.39, 0.29) is 18.9 Å². The second-order valence-corrected chi connectivity index (χ2v) is 4.79. The number of carbonyl (C=O) groups excluding carboxylic acids is 2. The molecule has 0 heterocycles. The van der Waals surface area contributed by atoms with E-state index in [2.05, 4.69) is 5.32 Å². The second-order valence-electron chi connectivity index (χ2n) is 3.95. The second kappa shape index (κ2) is 7.36. The molecule has 0 radical (unpaired) electrons. The van der Waals surface area contributed by atoms with Gasteiger partial charge in [-0.3, -0.25) is 4.79 Å². The van der Waals surface area contributed by atoms with Gasteiger partial charge in [0, 0.05) is 23.4 Å². The van der Waals surface area contributed by atoms with Crippen molar-refractivity contribution in [2.75, 3.05) is 6.61 Å². The lowest BCUT2D eigenvalue weighted by atomic mass is 10.1. The van der Waals surface area contributed by atoms with Crippen molar-refractivity contribution in [2.45, 2.75) is 26.3 Å². The highest BCUT2D eigenvalue weighted by Crippen LogP contribution is 2.22. The molecule has 0 aliphatic rings. The summed E-state index contributed by atoms with van der Waals surface area (Å²) in [7, 11) is 0. The molecule has 4 nitrogen and oxygen atoms in total. The molecule has 0 aliphatic carbocycles. The number of esters is 1. The third-order valence-electron chi connectivity index (χ3n) is 2.39. The van der Waals surface area contributed by atoms with Crippen LogP contribution in [0.4, 0.5) is 0 Å². The molecule has 0 spiro atoms. The highest BCUT2D eigenvalue weighted by Gasteiger charge is 2.22. The normalized spacial score (nSPS) is 11.8. The lowest BCUT2D eigenvalue weighted by Gasteiger charge is -2.17. The molecule has 19 heavy (non-hydrogen) atoms. The van der Waals surface area contributed by atoms with Gasteiger partial charge in [0.15, 0.2) is 0 Å². The third-order valence-corrected chi connectivity index (χ3v) is 2.97. The molecule has 6 heteroatoms. The maximum absolute atomic E-state index is 11.8. The Morgan fingerprint density at radius 2 is 2.05 bits per heavy atom. The first-order valence-corrected chi connectivity index (χ1v) is 6.57. The predicted molar refractivity (Wildman–Crippen MR) is 74.4 cm³/mol. The van der Waals surface area contributed by atoms with Crippen LogP contribution in [0.1, 0.15) is 19.4 Å². The van der Waals surface area contributed by atoms with E-state index in [4.69, 9.17) is 27.9 Å². The Morgan fingerprint density at radius 1 is 1.37 bits per heavy atom. The monoisotopic (exact) mass is 303 g/mol. The summed E-state index contributed by atoms with van der Waals surface area (Å²) in [6, 6.07) is 4.24. The van der Waals surface area contributed by atoms with Crippen molar-refractivity contribution in [1.82, 2.24) is 5.32 Å². The number of hydrogen-bond acceptors (Lipinski definition) is 3. The minimum atomic E-state index is -0.754. The topological polar surface area (TPSA) is 55.4 Å². The Bertz CT molecular complexity index is 477. The van der Waals surface area contributed by atoms with Crippen LogP contribution in [-0.2, 0) is 20.7 Å². The number of nitrogens with one attached hydrogen (secondary N) is 1. The SMILES string of the molecule is CCOC(=O)C(Cc1ccc(Cl)cc1Cl)NC(C)=O. The van der Waals surface area contributed by atoms with E-state index in [9.17, 15) is 9.59 Å². The van der Waals surface area contributed by atoms with Crippen molar-refractivity contribution in [3.63, 3.8) is 0 Å². The number of ether oxygens (including phenoxy) is 1. The number of halogens is 2. The van der Waals surface area contributed by atoms with Gasteiger partial charge in [-0.25, -0.2) is 4.79 Å². The predicted octanol–water partition coefficient (Wildman–Crippen LogP) is 2.60. The minimum Gasteiger partial charge on any atom is -0.464 e. The average molecular weight is 304 g/mol. The summed E-state index contributed by atoms with van der Waals surface area (Å²) < 4.78 is 4.92. The summed E-state index contributed by atoms with van der Waals surface area (Å²) in [6.07, 6.45) is 0.258. The van der Waals surface area contributed by atoms with Crippen molar-refractivity contribution in [3.8, 4) is 0 Å². The number of hydrogen-bond donors (Lipinski definition) is 1. The fourth-order valence-electron chi connectivity index (χ4n) is 1.59. The molecule has 104 valence electrons. The zero-order chi connectivity index (χ0) is 14.4. The first-order valence-electron chi connectivity index (χ1n) is 5.81. The third kappa shape index (κ3) is 5.09. The summed E-state index contributed by atoms with van der Waals surface area (Å²) in [5, 5.41) is 3.52. The maximum atomic E-state index is 11.8. The van der Waals surface area contributed by atoms with Crippen molar-refractivity contribution in [2.24, 2.45) is 0 Å². The summed E-state index contributed by atoms with van der Waals surface area (Å²) in [5.41, 5.74) is 0.720. The van der Waals surface area contributed by atoms with E-state index in [1.807, 2.05) is 0 Å². The molecule has 0 saturated carbocycles. The van der Waals surface area contributed by atoms with Crippen LogP contribution in [0.25, 0.3) is 0 Å². The van der Waals surface area contributed by atoms with Gasteiger partial charge in [0.05, 0.1) is 6.61 Å². The van der Waals surface area contributed by atoms with Crippen LogP contribution in [0.5, 0.6) is 0 Å². The lowest BCUT2D eigenvalue weighted by molar-refractivity contribution is -0.147. The lowest BCUT2D eigenvalue weighted by Crippen LogP contribution is -2.42. The van der Waals surface area contributed by atoms with E-state index in [1.54, 1.807) is 25.1 Å². The van der Waals surface area contributed by atoms with Crippen molar-refractivity contribution in [1.29, 1.82) is 0 Å². The van der Waals surface area contributed by atoms with Crippen LogP contribution in [0.2, 0.25) is 10.0 Å². The average Bonchev–Trinajstić information content (AvgIpc) is 2.31. The molecule has 1 amide bonds. The van der Waals surface area contributed by atoms with Crippen molar-refractivity contribution < 1.29 is 14.3 Å². The molecule has 0 aromatic heterocycles. The van der Waals surface area contributed by atoms with Gasteiger partial charge in [-0.05, 0) is 24.6 Å². The summed E-state index contributed by atoms with van der Waals surface area (Å²) in [6.45, 7) is 3.30. The molecule has 0 saturated heterocycles. The molecule has 0 fully saturated rings. The van der Waals surface area contributed by atoms with E-state index in [0.717, 1.165) is 5.56 Å². The molecule has 0 aliphatic heterocycles. The molecular weight excluding hydrogens is 289 g/mol. The molecule has 1 aromatic rings. The molecule has 0 bridgehead atoms. The quantitative estimate of drug-likeness (QED) is 0.851. The van der Waals surface area contributed by atoms with Gasteiger partial charge in [0.2, 0.25) is 5.91 Å². The zero-order valence-electron chi connectivity index (χ0n) is 10.7. The van der Waals surface area contributed by atoms with Crippen LogP contribution >= 0.6 is 23.2 Å². The molecular formula is C13H15Cl2NO3. The summed E-state index contributed by atoms with van der Waals surface area (Å²) in [4.78, 5) is 22.9. The largest absolute Gasteiger partial charge is 0.464 e. The molecule has 1 unspecified atom stereocenters. The number of benzene rings is 1. The highest BCUT2D eigenvalue weighted by atomic mass is 35.5. The van der Waals surface area contributed by atoms with Gasteiger partial charge in [0.25, 0.3) is 0 Å². The molecule has 1 rings (SSSR count). The van der Waals surface area contributed by atoms with E-state index in [0.29, 0.717) is 10.0 Å². The fourth-order valence-corrected chi connectivity index (χ4v) is 2.07. The first-order chi connectivity index (χ1) is 8.93. The Hall–Kier alpha value is -1.26. The first kappa shape index (κ1) is 15.8. The molecule has 1 N–H and O–H groups in total. The van der Waals surface area contributed by atoms with Gasteiger partial charge >= 0.3 is 5.97 Å². The van der Waals surface area contributed by atoms with Gasteiger partial charge < -0.3 is 10.1 Å². The van der Waals surface area contributed by atoms with Crippen LogP contribution in [0.3, 0.4) is 0 Å². The van der Waals surface area contributed by atoms with Gasteiger partial charge in [-0.1, -0.05) is 29.3 Å². The van der Waals surface area contributed by atoms with E-state index >= 15 is 0 Å². The smallest absolute Gasteiger partial charge is 0.328 e. The van der Waals surface area contributed by atoms with Crippen LogP contribution in [0.15, 0.2) is 18.2 Å². The van der Waals surface area contributed by atoms with Gasteiger partial charge in [0.1, 0.15) is 6.04 Å². The Labute approximate surface area is 122 Å². The van der Waals surface area contributed by atoms with Crippen molar-refractivity contribution >= 4 is 35.1 Å². The van der Waals surface area contributed by atoms with Crippen LogP contribution in [-0.4, -0.2) is 24.5 Å². The Kier molecular flexibility index (Phi) is 6.12. The maximum Gasteiger partial charge on any atom is 0.328 e. The highest BCUT2D eigenvalue weighted by molar-refractivity contribution is 6.35. The number of amides is 1. The standard InChI is InChI=1S/C13H15Cl2NO3/c1-3-19-13(18)12(16-8(2)17)6-9-4-5-10(14)7-11(9)15/h4-5,7,12H,3,6H2,1-2H3,(H,16,17). The molecule has 1 aromatic carbocycles. The Morgan fingerprint density at radius 3 is 2.58 bits per heavy atom. The van der Waals surface area contributed by atoms with E-state index in [1.165, 1.54) is 6.92 Å². The molecule has 1 atom stereocenters. The Balaban J connectivity index is 2.87. The summed E-state index contributed by atoms with van der Waals surface area (Å²) >= 11 is 11.8.